The molecule has 0 radical (unpaired) electrons. The van der Waals surface area contributed by atoms with Crippen LogP contribution in [0.4, 0.5) is 0 Å². The van der Waals surface area contributed by atoms with E-state index >= 15 is 0 Å². The van der Waals surface area contributed by atoms with E-state index in [1.165, 1.54) is 7.11 Å². The van der Waals surface area contributed by atoms with Gasteiger partial charge >= 0.3 is 5.97 Å². The first kappa shape index (κ1) is 22.5. The highest BCUT2D eigenvalue weighted by atomic mass is 32.2. The Morgan fingerprint density at radius 1 is 0.931 bits per heavy atom. The van der Waals surface area contributed by atoms with Gasteiger partial charge in [0.25, 0.3) is 5.91 Å². The summed E-state index contributed by atoms with van der Waals surface area (Å²) in [5, 5.41) is 5.53. The van der Waals surface area contributed by atoms with Crippen LogP contribution in [0.5, 0.6) is 0 Å². The van der Waals surface area contributed by atoms with Gasteiger partial charge in [0.2, 0.25) is 5.91 Å². The standard InChI is InChI=1S/C22H26N2O4S/c1-28-22(27)18(13-14-29-2)23-21(26)19(15-16-9-5-3-6-10-16)24-20(25)17-11-7-4-8-12-17/h3-12,18-19H,13-15H2,1-2H3,(H,23,26)(H,24,25)/t18-,19-/m1/s1. The molecule has 0 heterocycles. The first-order valence-corrected chi connectivity index (χ1v) is 10.7. The fraction of sp³-hybridized carbons (Fsp3) is 0.318. The first-order chi connectivity index (χ1) is 14.0. The number of methoxy groups -OCH3 is 1. The monoisotopic (exact) mass is 414 g/mol. The van der Waals surface area contributed by atoms with Crippen molar-refractivity contribution in [2.75, 3.05) is 19.1 Å². The molecule has 6 nitrogen and oxygen atoms in total. The van der Waals surface area contributed by atoms with Crippen molar-refractivity contribution >= 4 is 29.5 Å². The maximum absolute atomic E-state index is 13.0. The Labute approximate surface area is 175 Å². The minimum Gasteiger partial charge on any atom is -0.467 e. The van der Waals surface area contributed by atoms with Gasteiger partial charge < -0.3 is 15.4 Å². The second kappa shape index (κ2) is 11.9. The molecule has 2 rings (SSSR count). The Bertz CT molecular complexity index is 799. The number of rotatable bonds is 10. The van der Waals surface area contributed by atoms with E-state index in [9.17, 15) is 14.4 Å². The number of esters is 1. The van der Waals surface area contributed by atoms with E-state index in [0.29, 0.717) is 24.2 Å². The number of ether oxygens (including phenoxy) is 1. The number of carbonyl (C=O) groups is 3. The SMILES string of the molecule is COC(=O)[C@@H](CCSC)NC(=O)[C@@H](Cc1ccccc1)NC(=O)c1ccccc1. The van der Waals surface area contributed by atoms with Crippen LogP contribution >= 0.6 is 11.8 Å². The predicted octanol–water partition coefficient (Wildman–Crippen LogP) is 2.44. The minimum absolute atomic E-state index is 0.307. The smallest absolute Gasteiger partial charge is 0.328 e. The second-order valence-corrected chi connectivity index (χ2v) is 7.43. The van der Waals surface area contributed by atoms with E-state index in [-0.39, 0.29) is 5.91 Å². The van der Waals surface area contributed by atoms with E-state index < -0.39 is 24.0 Å². The molecule has 0 spiro atoms. The van der Waals surface area contributed by atoms with Gasteiger partial charge in [0.05, 0.1) is 7.11 Å². The third kappa shape index (κ3) is 7.27. The fourth-order valence-electron chi connectivity index (χ4n) is 2.79. The molecule has 0 bridgehead atoms. The predicted molar refractivity (Wildman–Crippen MR) is 115 cm³/mol. The van der Waals surface area contributed by atoms with Gasteiger partial charge in [-0.25, -0.2) is 4.79 Å². The molecule has 0 saturated carbocycles. The lowest BCUT2D eigenvalue weighted by molar-refractivity contribution is -0.145. The molecule has 2 N–H and O–H groups in total. The second-order valence-electron chi connectivity index (χ2n) is 6.45. The topological polar surface area (TPSA) is 84.5 Å². The number of hydrogen-bond acceptors (Lipinski definition) is 5. The molecule has 29 heavy (non-hydrogen) atoms. The van der Waals surface area contributed by atoms with Crippen molar-refractivity contribution in [1.82, 2.24) is 10.6 Å². The van der Waals surface area contributed by atoms with E-state index in [2.05, 4.69) is 10.6 Å². The van der Waals surface area contributed by atoms with Crippen molar-refractivity contribution in [2.45, 2.75) is 24.9 Å². The maximum Gasteiger partial charge on any atom is 0.328 e. The molecule has 0 fully saturated rings. The van der Waals surface area contributed by atoms with Crippen molar-refractivity contribution in [2.24, 2.45) is 0 Å². The zero-order valence-electron chi connectivity index (χ0n) is 16.6. The summed E-state index contributed by atoms with van der Waals surface area (Å²) < 4.78 is 4.81. The summed E-state index contributed by atoms with van der Waals surface area (Å²) in [4.78, 5) is 37.6. The summed E-state index contributed by atoms with van der Waals surface area (Å²) in [6, 6.07) is 16.5. The van der Waals surface area contributed by atoms with E-state index in [0.717, 1.165) is 5.56 Å². The quantitative estimate of drug-likeness (QED) is 0.584. The van der Waals surface area contributed by atoms with Gasteiger partial charge in [-0.1, -0.05) is 48.5 Å². The zero-order valence-corrected chi connectivity index (χ0v) is 17.4. The lowest BCUT2D eigenvalue weighted by atomic mass is 10.0. The van der Waals surface area contributed by atoms with Crippen molar-refractivity contribution in [3.8, 4) is 0 Å². The van der Waals surface area contributed by atoms with E-state index in [1.54, 1.807) is 36.0 Å². The summed E-state index contributed by atoms with van der Waals surface area (Å²) in [5.41, 5.74) is 1.37. The highest BCUT2D eigenvalue weighted by Gasteiger charge is 2.27. The Morgan fingerprint density at radius 2 is 1.55 bits per heavy atom. The third-order valence-corrected chi connectivity index (χ3v) is 5.00. The van der Waals surface area contributed by atoms with Gasteiger partial charge in [-0.05, 0) is 36.1 Å². The van der Waals surface area contributed by atoms with Gasteiger partial charge in [0.15, 0.2) is 0 Å². The molecule has 2 amide bonds. The molecule has 2 aromatic carbocycles. The average Bonchev–Trinajstić information content (AvgIpc) is 2.76. The molecule has 2 atom stereocenters. The Morgan fingerprint density at radius 3 is 2.14 bits per heavy atom. The number of thioether (sulfide) groups is 1. The number of amides is 2. The zero-order chi connectivity index (χ0) is 21.1. The van der Waals surface area contributed by atoms with Crippen molar-refractivity contribution in [3.05, 3.63) is 71.8 Å². The lowest BCUT2D eigenvalue weighted by Gasteiger charge is -2.22. The number of nitrogens with one attached hydrogen (secondary N) is 2. The average molecular weight is 415 g/mol. The van der Waals surface area contributed by atoms with Gasteiger partial charge in [0.1, 0.15) is 12.1 Å². The summed E-state index contributed by atoms with van der Waals surface area (Å²) >= 11 is 1.58. The van der Waals surface area contributed by atoms with Crippen molar-refractivity contribution in [1.29, 1.82) is 0 Å². The van der Waals surface area contributed by atoms with Crippen LogP contribution in [0.3, 0.4) is 0 Å². The molecule has 0 saturated heterocycles. The van der Waals surface area contributed by atoms with E-state index in [1.807, 2.05) is 42.7 Å². The Hall–Kier alpha value is -2.80. The molecule has 0 aliphatic heterocycles. The lowest BCUT2D eigenvalue weighted by Crippen LogP contribution is -2.52. The summed E-state index contributed by atoms with van der Waals surface area (Å²) in [5.74, 6) is -0.574. The number of hydrogen-bond donors (Lipinski definition) is 2. The maximum atomic E-state index is 13.0. The van der Waals surface area contributed by atoms with Crippen LogP contribution in [0.25, 0.3) is 0 Å². The molecule has 7 heteroatoms. The van der Waals surface area contributed by atoms with Crippen LogP contribution < -0.4 is 10.6 Å². The Balaban J connectivity index is 2.17. The minimum atomic E-state index is -0.827. The van der Waals surface area contributed by atoms with Crippen LogP contribution in [-0.2, 0) is 20.7 Å². The summed E-state index contributed by atoms with van der Waals surface area (Å²) in [7, 11) is 1.29. The molecule has 0 aliphatic carbocycles. The van der Waals surface area contributed by atoms with Crippen LogP contribution in [0.2, 0.25) is 0 Å². The molecule has 0 unspecified atom stereocenters. The normalized spacial score (nSPS) is 12.5. The molecular formula is C22H26N2O4S. The van der Waals surface area contributed by atoms with Gasteiger partial charge in [0, 0.05) is 12.0 Å². The van der Waals surface area contributed by atoms with Gasteiger partial charge in [-0.3, -0.25) is 9.59 Å². The van der Waals surface area contributed by atoms with Crippen molar-refractivity contribution in [3.63, 3.8) is 0 Å². The van der Waals surface area contributed by atoms with Crippen molar-refractivity contribution < 1.29 is 19.1 Å². The van der Waals surface area contributed by atoms with E-state index in [4.69, 9.17) is 4.74 Å². The van der Waals surface area contributed by atoms with Crippen LogP contribution in [0.1, 0.15) is 22.3 Å². The first-order valence-electron chi connectivity index (χ1n) is 9.32. The van der Waals surface area contributed by atoms with Crippen LogP contribution in [-0.4, -0.2) is 49.0 Å². The fourth-order valence-corrected chi connectivity index (χ4v) is 3.26. The largest absolute Gasteiger partial charge is 0.467 e. The summed E-state index contributed by atoms with van der Waals surface area (Å²) in [6.07, 6.45) is 2.68. The van der Waals surface area contributed by atoms with Crippen LogP contribution in [0, 0.1) is 0 Å². The number of carbonyl (C=O) groups excluding carboxylic acids is 3. The number of benzene rings is 2. The third-order valence-electron chi connectivity index (χ3n) is 4.35. The molecule has 2 aromatic rings. The Kier molecular flexibility index (Phi) is 9.24. The highest BCUT2D eigenvalue weighted by molar-refractivity contribution is 7.98. The van der Waals surface area contributed by atoms with Gasteiger partial charge in [-0.15, -0.1) is 0 Å². The highest BCUT2D eigenvalue weighted by Crippen LogP contribution is 2.08. The molecule has 0 aromatic heterocycles. The summed E-state index contributed by atoms with van der Waals surface area (Å²) in [6.45, 7) is 0. The van der Waals surface area contributed by atoms with Gasteiger partial charge in [-0.2, -0.15) is 11.8 Å². The molecule has 154 valence electrons. The molecular weight excluding hydrogens is 388 g/mol. The van der Waals surface area contributed by atoms with Crippen LogP contribution in [0.15, 0.2) is 60.7 Å². The molecule has 0 aliphatic rings.